The van der Waals surface area contributed by atoms with E-state index < -0.39 is 0 Å². The van der Waals surface area contributed by atoms with Gasteiger partial charge >= 0.3 is 6.03 Å². The molecule has 3 heterocycles. The molecule has 3 aromatic rings. The Kier molecular flexibility index (Phi) is 4.73. The van der Waals surface area contributed by atoms with Gasteiger partial charge in [0.2, 0.25) is 0 Å². The van der Waals surface area contributed by atoms with Crippen LogP contribution in [0.2, 0.25) is 0 Å². The standard InChI is InChI=1S/C19H20BrN5O2/c1-23-16(12-18(26)25-17(23)5-8-21-25)13-6-9-24(10-7-13)19(27)22-15-4-2-3-14(20)11-15/h2-5,8,11-13H,6-7,9-10H2,1H3,(H,22,27). The molecule has 1 aliphatic heterocycles. The molecular formula is C19H20BrN5O2. The molecule has 1 fully saturated rings. The molecule has 0 aliphatic carbocycles. The highest BCUT2D eigenvalue weighted by molar-refractivity contribution is 9.10. The first-order chi connectivity index (χ1) is 13.0. The number of hydrogen-bond acceptors (Lipinski definition) is 3. The Balaban J connectivity index is 1.45. The molecule has 0 spiro atoms. The number of aryl methyl sites for hydroxylation is 1. The molecule has 27 heavy (non-hydrogen) atoms. The Labute approximate surface area is 164 Å². The van der Waals surface area contributed by atoms with E-state index in [2.05, 4.69) is 26.3 Å². The van der Waals surface area contributed by atoms with E-state index in [9.17, 15) is 9.59 Å². The summed E-state index contributed by atoms with van der Waals surface area (Å²) in [6.07, 6.45) is 3.28. The molecular weight excluding hydrogens is 410 g/mol. The van der Waals surface area contributed by atoms with E-state index in [0.717, 1.165) is 34.3 Å². The first-order valence-electron chi connectivity index (χ1n) is 8.88. The molecule has 0 radical (unpaired) electrons. The molecule has 1 aliphatic rings. The van der Waals surface area contributed by atoms with Gasteiger partial charge in [0.05, 0.1) is 6.20 Å². The lowest BCUT2D eigenvalue weighted by Crippen LogP contribution is -2.41. The van der Waals surface area contributed by atoms with Gasteiger partial charge in [-0.1, -0.05) is 22.0 Å². The van der Waals surface area contributed by atoms with Crippen LogP contribution in [0.4, 0.5) is 10.5 Å². The van der Waals surface area contributed by atoms with E-state index in [1.807, 2.05) is 46.8 Å². The summed E-state index contributed by atoms with van der Waals surface area (Å²) in [5.41, 5.74) is 2.44. The summed E-state index contributed by atoms with van der Waals surface area (Å²) < 4.78 is 4.36. The van der Waals surface area contributed by atoms with Crippen LogP contribution in [0.15, 0.2) is 51.9 Å². The summed E-state index contributed by atoms with van der Waals surface area (Å²) in [4.78, 5) is 26.6. The zero-order valence-corrected chi connectivity index (χ0v) is 16.5. The van der Waals surface area contributed by atoms with E-state index in [4.69, 9.17) is 0 Å². The number of likely N-dealkylation sites (tertiary alicyclic amines) is 1. The molecule has 1 saturated heterocycles. The topological polar surface area (TPSA) is 71.6 Å². The van der Waals surface area contributed by atoms with Crippen molar-refractivity contribution in [1.82, 2.24) is 19.1 Å². The van der Waals surface area contributed by atoms with Crippen LogP contribution >= 0.6 is 15.9 Å². The average Bonchev–Trinajstić information content (AvgIpc) is 3.16. The van der Waals surface area contributed by atoms with Crippen LogP contribution < -0.4 is 10.9 Å². The van der Waals surface area contributed by atoms with E-state index in [0.29, 0.717) is 13.1 Å². The molecule has 0 bridgehead atoms. The second-order valence-electron chi connectivity index (χ2n) is 6.77. The number of benzene rings is 1. The van der Waals surface area contributed by atoms with E-state index in [1.165, 1.54) is 4.52 Å². The monoisotopic (exact) mass is 429 g/mol. The molecule has 0 atom stereocenters. The summed E-state index contributed by atoms with van der Waals surface area (Å²) >= 11 is 3.41. The van der Waals surface area contributed by atoms with Crippen molar-refractivity contribution >= 4 is 33.3 Å². The van der Waals surface area contributed by atoms with Gasteiger partial charge in [0.15, 0.2) is 0 Å². The number of piperidine rings is 1. The van der Waals surface area contributed by atoms with Gasteiger partial charge in [-0.05, 0) is 31.0 Å². The highest BCUT2D eigenvalue weighted by Crippen LogP contribution is 2.28. The highest BCUT2D eigenvalue weighted by atomic mass is 79.9. The number of rotatable bonds is 2. The zero-order chi connectivity index (χ0) is 19.0. The highest BCUT2D eigenvalue weighted by Gasteiger charge is 2.26. The van der Waals surface area contributed by atoms with Crippen LogP contribution in [0.25, 0.3) is 5.65 Å². The largest absolute Gasteiger partial charge is 0.333 e. The first kappa shape index (κ1) is 17.8. The third-order valence-electron chi connectivity index (χ3n) is 5.11. The fourth-order valence-corrected chi connectivity index (χ4v) is 4.07. The summed E-state index contributed by atoms with van der Waals surface area (Å²) in [5.74, 6) is 0.248. The molecule has 1 N–H and O–H groups in total. The minimum Gasteiger partial charge on any atom is -0.333 e. The quantitative estimate of drug-likeness (QED) is 0.679. The lowest BCUT2D eigenvalue weighted by molar-refractivity contribution is 0.193. The van der Waals surface area contributed by atoms with Crippen molar-refractivity contribution in [1.29, 1.82) is 0 Å². The number of carbonyl (C=O) groups excluding carboxylic acids is 1. The van der Waals surface area contributed by atoms with Crippen molar-refractivity contribution in [3.8, 4) is 0 Å². The predicted octanol–water partition coefficient (Wildman–Crippen LogP) is 3.21. The number of carbonyl (C=O) groups is 1. The Morgan fingerprint density at radius 3 is 2.74 bits per heavy atom. The van der Waals surface area contributed by atoms with Crippen LogP contribution in [0.3, 0.4) is 0 Å². The maximum absolute atomic E-state index is 12.5. The third kappa shape index (κ3) is 3.49. The number of fused-ring (bicyclic) bond motifs is 1. The lowest BCUT2D eigenvalue weighted by atomic mass is 9.93. The second-order valence-corrected chi connectivity index (χ2v) is 7.69. The number of aromatic nitrogens is 3. The van der Waals surface area contributed by atoms with Crippen LogP contribution in [0.5, 0.6) is 0 Å². The molecule has 4 rings (SSSR count). The van der Waals surface area contributed by atoms with Gasteiger partial charge < -0.3 is 14.8 Å². The number of anilines is 1. The van der Waals surface area contributed by atoms with Crippen molar-refractivity contribution in [2.24, 2.45) is 7.05 Å². The van der Waals surface area contributed by atoms with Crippen molar-refractivity contribution < 1.29 is 4.79 Å². The van der Waals surface area contributed by atoms with Gasteiger partial charge in [0.1, 0.15) is 5.65 Å². The van der Waals surface area contributed by atoms with Crippen LogP contribution in [0, 0.1) is 0 Å². The van der Waals surface area contributed by atoms with E-state index in [1.54, 1.807) is 12.3 Å². The number of urea groups is 1. The Morgan fingerprint density at radius 1 is 1.22 bits per heavy atom. The fraction of sp³-hybridized carbons (Fsp3) is 0.316. The second kappa shape index (κ2) is 7.19. The Bertz CT molecular complexity index is 1050. The molecule has 0 unspecified atom stereocenters. The predicted molar refractivity (Wildman–Crippen MR) is 107 cm³/mol. The summed E-state index contributed by atoms with van der Waals surface area (Å²) in [6.45, 7) is 1.31. The minimum absolute atomic E-state index is 0.0910. The Hall–Kier alpha value is -2.61. The lowest BCUT2D eigenvalue weighted by Gasteiger charge is -2.33. The van der Waals surface area contributed by atoms with Crippen molar-refractivity contribution in [3.05, 3.63) is 63.1 Å². The molecule has 140 valence electrons. The van der Waals surface area contributed by atoms with E-state index in [-0.39, 0.29) is 17.5 Å². The molecule has 8 heteroatoms. The Morgan fingerprint density at radius 2 is 2.00 bits per heavy atom. The maximum atomic E-state index is 12.5. The van der Waals surface area contributed by atoms with E-state index >= 15 is 0 Å². The van der Waals surface area contributed by atoms with Crippen LogP contribution in [0.1, 0.15) is 24.5 Å². The number of hydrogen-bond donors (Lipinski definition) is 1. The van der Waals surface area contributed by atoms with Gasteiger partial charge in [-0.25, -0.2) is 4.79 Å². The maximum Gasteiger partial charge on any atom is 0.321 e. The zero-order valence-electron chi connectivity index (χ0n) is 14.9. The number of halogens is 1. The molecule has 2 aromatic heterocycles. The molecule has 1 aromatic carbocycles. The number of amides is 2. The molecule has 0 saturated carbocycles. The first-order valence-corrected chi connectivity index (χ1v) is 9.67. The van der Waals surface area contributed by atoms with Crippen molar-refractivity contribution in [2.45, 2.75) is 18.8 Å². The van der Waals surface area contributed by atoms with Crippen molar-refractivity contribution in [3.63, 3.8) is 0 Å². The normalized spacial score (nSPS) is 15.3. The van der Waals surface area contributed by atoms with Crippen LogP contribution in [-0.4, -0.2) is 38.2 Å². The summed E-state index contributed by atoms with van der Waals surface area (Å²) in [5, 5.41) is 7.00. The summed E-state index contributed by atoms with van der Waals surface area (Å²) in [6, 6.07) is 11.0. The third-order valence-corrected chi connectivity index (χ3v) is 5.60. The summed E-state index contributed by atoms with van der Waals surface area (Å²) in [7, 11) is 1.96. The van der Waals surface area contributed by atoms with Crippen LogP contribution in [-0.2, 0) is 7.05 Å². The molecule has 7 nitrogen and oxygen atoms in total. The van der Waals surface area contributed by atoms with Gasteiger partial charge in [-0.2, -0.15) is 9.61 Å². The van der Waals surface area contributed by atoms with Gasteiger partial charge in [-0.3, -0.25) is 4.79 Å². The van der Waals surface area contributed by atoms with Gasteiger partial charge in [0, 0.05) is 54.0 Å². The smallest absolute Gasteiger partial charge is 0.321 e. The van der Waals surface area contributed by atoms with Gasteiger partial charge in [0.25, 0.3) is 5.56 Å². The van der Waals surface area contributed by atoms with Crippen molar-refractivity contribution in [2.75, 3.05) is 18.4 Å². The van der Waals surface area contributed by atoms with Gasteiger partial charge in [-0.15, -0.1) is 0 Å². The number of nitrogens with zero attached hydrogens (tertiary/aromatic N) is 4. The fourth-order valence-electron chi connectivity index (χ4n) is 3.68. The average molecular weight is 430 g/mol. The minimum atomic E-state index is -0.113. The molecule has 2 amide bonds. The number of nitrogens with one attached hydrogen (secondary N) is 1. The SMILES string of the molecule is Cn1c(C2CCN(C(=O)Nc3cccc(Br)c3)CC2)cc(=O)n2nccc12.